The molecule has 3 heteroatoms. The fourth-order valence-corrected chi connectivity index (χ4v) is 1.10. The molecule has 0 amide bonds. The van der Waals surface area contributed by atoms with E-state index in [9.17, 15) is 5.11 Å². The van der Waals surface area contributed by atoms with Gasteiger partial charge in [0.25, 0.3) is 0 Å². The van der Waals surface area contributed by atoms with E-state index in [1.54, 1.807) is 18.3 Å². The first-order valence-corrected chi connectivity index (χ1v) is 3.73. The first-order valence-electron chi connectivity index (χ1n) is 3.73. The summed E-state index contributed by atoms with van der Waals surface area (Å²) in [5.74, 6) is 0.183. The molecular formula is C9H8N2O. The highest BCUT2D eigenvalue weighted by Gasteiger charge is 1.95. The van der Waals surface area contributed by atoms with Crippen molar-refractivity contribution in [2.45, 2.75) is 0 Å². The average Bonchev–Trinajstić information content (AvgIpc) is 2.30. The van der Waals surface area contributed by atoms with Gasteiger partial charge in [0, 0.05) is 6.20 Å². The first-order chi connectivity index (χ1) is 5.88. The minimum absolute atomic E-state index is 0.183. The van der Waals surface area contributed by atoms with Crippen LogP contribution < -0.4 is 10.7 Å². The van der Waals surface area contributed by atoms with Crippen molar-refractivity contribution in [2.75, 3.05) is 6.54 Å². The van der Waals surface area contributed by atoms with Crippen LogP contribution in [0.4, 0.5) is 0 Å². The maximum absolute atomic E-state index is 9.39. The molecule has 0 aliphatic carbocycles. The lowest BCUT2D eigenvalue weighted by Crippen LogP contribution is -2.24. The largest absolute Gasteiger partial charge is 0.506 e. The van der Waals surface area contributed by atoms with Gasteiger partial charge in [0.1, 0.15) is 11.1 Å². The molecule has 0 atom stereocenters. The number of para-hydroxylation sites is 1. The van der Waals surface area contributed by atoms with Crippen LogP contribution in [-0.2, 0) is 0 Å². The van der Waals surface area contributed by atoms with E-state index in [1.165, 1.54) is 0 Å². The van der Waals surface area contributed by atoms with Gasteiger partial charge in [-0.1, -0.05) is 6.07 Å². The monoisotopic (exact) mass is 160 g/mol. The number of hydrogen-bond acceptors (Lipinski definition) is 3. The molecule has 1 aliphatic heterocycles. The zero-order valence-electron chi connectivity index (χ0n) is 6.44. The van der Waals surface area contributed by atoms with Crippen LogP contribution in [0.1, 0.15) is 0 Å². The molecule has 1 N–H and O–H groups in total. The zero-order chi connectivity index (χ0) is 8.39. The number of fused-ring (bicyclic) bond motifs is 1. The van der Waals surface area contributed by atoms with Crippen molar-refractivity contribution in [3.63, 3.8) is 0 Å². The Hall–Kier alpha value is -1.64. The summed E-state index contributed by atoms with van der Waals surface area (Å²) < 4.78 is 0. The normalized spacial score (nSPS) is 14.0. The van der Waals surface area contributed by atoms with Crippen LogP contribution in [-0.4, -0.2) is 11.7 Å². The lowest BCUT2D eigenvalue weighted by molar-refractivity contribution is 0.467. The van der Waals surface area contributed by atoms with Crippen molar-refractivity contribution in [2.24, 2.45) is 9.98 Å². The van der Waals surface area contributed by atoms with Crippen LogP contribution in [0.15, 0.2) is 40.5 Å². The molecule has 3 nitrogen and oxygen atoms in total. The van der Waals surface area contributed by atoms with Gasteiger partial charge in [0.2, 0.25) is 0 Å². The first kappa shape index (κ1) is 7.03. The molecule has 0 radical (unpaired) electrons. The van der Waals surface area contributed by atoms with E-state index in [-0.39, 0.29) is 5.75 Å². The van der Waals surface area contributed by atoms with Crippen molar-refractivity contribution >= 4 is 0 Å². The minimum atomic E-state index is 0.183. The number of benzene rings is 1. The number of rotatable bonds is 0. The van der Waals surface area contributed by atoms with Crippen molar-refractivity contribution < 1.29 is 5.11 Å². The average molecular weight is 160 g/mol. The van der Waals surface area contributed by atoms with Gasteiger partial charge in [-0.15, -0.1) is 0 Å². The summed E-state index contributed by atoms with van der Waals surface area (Å²) in [6, 6.07) is 5.21. The van der Waals surface area contributed by atoms with E-state index in [0.29, 0.717) is 11.9 Å². The number of phenols is 1. The highest BCUT2D eigenvalue weighted by molar-refractivity contribution is 5.20. The molecule has 0 bridgehead atoms. The Balaban J connectivity index is 2.87. The maximum Gasteiger partial charge on any atom is 0.143 e. The zero-order valence-corrected chi connectivity index (χ0v) is 6.44. The lowest BCUT2D eigenvalue weighted by atomic mass is 10.3. The Morgan fingerprint density at radius 2 is 2.25 bits per heavy atom. The van der Waals surface area contributed by atoms with Gasteiger partial charge in [0.15, 0.2) is 0 Å². The third kappa shape index (κ3) is 1.09. The second-order valence-corrected chi connectivity index (χ2v) is 2.50. The molecule has 0 fully saturated rings. The van der Waals surface area contributed by atoms with E-state index < -0.39 is 0 Å². The topological polar surface area (TPSA) is 45.0 Å². The summed E-state index contributed by atoms with van der Waals surface area (Å²) >= 11 is 0. The quantitative estimate of drug-likeness (QED) is 0.577. The summed E-state index contributed by atoms with van der Waals surface area (Å²) in [7, 11) is 0. The van der Waals surface area contributed by atoms with E-state index in [4.69, 9.17) is 0 Å². The van der Waals surface area contributed by atoms with Crippen LogP contribution in [0.3, 0.4) is 0 Å². The number of hydrogen-bond donors (Lipinski definition) is 1. The molecule has 12 heavy (non-hydrogen) atoms. The Bertz CT molecular complexity index is 434. The molecule has 0 saturated carbocycles. The number of nitrogens with zero attached hydrogens (tertiary/aromatic N) is 2. The summed E-state index contributed by atoms with van der Waals surface area (Å²) in [6.45, 7) is 0.625. The van der Waals surface area contributed by atoms with Gasteiger partial charge in [-0.05, 0) is 18.2 Å². The van der Waals surface area contributed by atoms with Gasteiger partial charge in [0.05, 0.1) is 11.9 Å². The van der Waals surface area contributed by atoms with Crippen LogP contribution >= 0.6 is 0 Å². The summed E-state index contributed by atoms with van der Waals surface area (Å²) in [5, 5.41) is 10.7. The molecule has 0 saturated heterocycles. The Morgan fingerprint density at radius 1 is 1.33 bits per heavy atom. The SMILES string of the molecule is Oc1cccc2c1=NC=CCN=2. The molecule has 1 aliphatic rings. The molecule has 1 aromatic rings. The third-order valence-corrected chi connectivity index (χ3v) is 1.67. The molecule has 2 rings (SSSR count). The molecule has 1 aromatic carbocycles. The summed E-state index contributed by atoms with van der Waals surface area (Å²) in [4.78, 5) is 8.27. The molecule has 0 spiro atoms. The van der Waals surface area contributed by atoms with Gasteiger partial charge in [-0.25, -0.2) is 0 Å². The van der Waals surface area contributed by atoms with Crippen LogP contribution in [0.5, 0.6) is 5.75 Å². The van der Waals surface area contributed by atoms with Crippen LogP contribution in [0.2, 0.25) is 0 Å². The van der Waals surface area contributed by atoms with Crippen LogP contribution in [0, 0.1) is 0 Å². The van der Waals surface area contributed by atoms with Crippen molar-refractivity contribution in [3.05, 3.63) is 41.2 Å². The van der Waals surface area contributed by atoms with E-state index >= 15 is 0 Å². The Labute approximate surface area is 69.4 Å². The number of phenolic OH excluding ortho intramolecular Hbond substituents is 1. The highest BCUT2D eigenvalue weighted by Crippen LogP contribution is 1.95. The fourth-order valence-electron chi connectivity index (χ4n) is 1.10. The smallest absolute Gasteiger partial charge is 0.143 e. The van der Waals surface area contributed by atoms with E-state index in [1.807, 2.05) is 12.1 Å². The summed E-state index contributed by atoms with van der Waals surface area (Å²) in [5.41, 5.74) is 0. The van der Waals surface area contributed by atoms with E-state index in [2.05, 4.69) is 9.98 Å². The molecule has 60 valence electrons. The standard InChI is InChI=1S/C9H8N2O/c12-8-4-1-3-7-9(8)11-6-2-5-10-7/h1-4,6,12H,5H2. The van der Waals surface area contributed by atoms with Gasteiger partial charge < -0.3 is 5.11 Å². The van der Waals surface area contributed by atoms with Crippen LogP contribution in [0.25, 0.3) is 0 Å². The molecule has 0 aromatic heterocycles. The molecule has 0 unspecified atom stereocenters. The van der Waals surface area contributed by atoms with E-state index in [0.717, 1.165) is 5.36 Å². The number of aromatic hydroxyl groups is 1. The molecule has 1 heterocycles. The van der Waals surface area contributed by atoms with Gasteiger partial charge >= 0.3 is 0 Å². The van der Waals surface area contributed by atoms with Crippen molar-refractivity contribution in [1.82, 2.24) is 0 Å². The second-order valence-electron chi connectivity index (χ2n) is 2.50. The highest BCUT2D eigenvalue weighted by atomic mass is 16.3. The predicted molar refractivity (Wildman–Crippen MR) is 44.4 cm³/mol. The fraction of sp³-hybridized carbons (Fsp3) is 0.111. The van der Waals surface area contributed by atoms with Crippen molar-refractivity contribution in [1.29, 1.82) is 0 Å². The molecular weight excluding hydrogens is 152 g/mol. The van der Waals surface area contributed by atoms with Gasteiger partial charge in [-0.3, -0.25) is 9.98 Å². The minimum Gasteiger partial charge on any atom is -0.506 e. The second kappa shape index (κ2) is 2.77. The van der Waals surface area contributed by atoms with Crippen molar-refractivity contribution in [3.8, 4) is 5.75 Å². The predicted octanol–water partition coefficient (Wildman–Crippen LogP) is 0.159. The lowest BCUT2D eigenvalue weighted by Gasteiger charge is -1.90. The maximum atomic E-state index is 9.39. The Morgan fingerprint density at radius 3 is 3.17 bits per heavy atom. The third-order valence-electron chi connectivity index (χ3n) is 1.67. The summed E-state index contributed by atoms with van der Waals surface area (Å²) in [6.07, 6.45) is 3.51. The van der Waals surface area contributed by atoms with Gasteiger partial charge in [-0.2, -0.15) is 0 Å². The Kier molecular flexibility index (Phi) is 1.63.